The maximum Gasteiger partial charge on any atom is 0.407 e. The number of fused-ring (bicyclic) bond motifs is 2. The zero-order chi connectivity index (χ0) is 11.8. The lowest BCUT2D eigenvalue weighted by atomic mass is 10.0. The number of amides is 1. The van der Waals surface area contributed by atoms with Gasteiger partial charge in [-0.3, -0.25) is 0 Å². The molecule has 0 spiro atoms. The monoisotopic (exact) mass is 262 g/mol. The molecule has 2 heterocycles. The molecule has 2 atom stereocenters. The molecule has 2 N–H and O–H groups in total. The van der Waals surface area contributed by atoms with Crippen LogP contribution in [0.25, 0.3) is 0 Å². The van der Waals surface area contributed by atoms with E-state index >= 15 is 0 Å². The van der Waals surface area contributed by atoms with Gasteiger partial charge in [-0.05, 0) is 46.5 Å². The molecule has 0 radical (unpaired) electrons. The van der Waals surface area contributed by atoms with Gasteiger partial charge in [-0.25, -0.2) is 4.79 Å². The fourth-order valence-electron chi connectivity index (χ4n) is 2.65. The van der Waals surface area contributed by atoms with Crippen molar-refractivity contribution in [2.45, 2.75) is 70.2 Å². The van der Waals surface area contributed by atoms with Crippen LogP contribution in [0.3, 0.4) is 0 Å². The quantitative estimate of drug-likeness (QED) is 0.762. The van der Waals surface area contributed by atoms with Gasteiger partial charge in [-0.2, -0.15) is 0 Å². The SMILES string of the molecule is CC(C)(C)OC(=O)NC1CC2CCC(C1)N2.Cl. The average molecular weight is 263 g/mol. The molecule has 2 unspecified atom stereocenters. The second-order valence-electron chi connectivity index (χ2n) is 5.95. The maximum absolute atomic E-state index is 11.6. The first kappa shape index (κ1) is 14.6. The summed E-state index contributed by atoms with van der Waals surface area (Å²) in [6.45, 7) is 5.66. The molecule has 2 aliphatic heterocycles. The summed E-state index contributed by atoms with van der Waals surface area (Å²) < 4.78 is 5.26. The Kier molecular flexibility index (Phi) is 4.67. The van der Waals surface area contributed by atoms with Crippen molar-refractivity contribution in [3.8, 4) is 0 Å². The normalized spacial score (nSPS) is 31.6. The molecule has 2 fully saturated rings. The summed E-state index contributed by atoms with van der Waals surface area (Å²) in [6.07, 6.45) is 4.29. The van der Waals surface area contributed by atoms with Crippen molar-refractivity contribution in [3.05, 3.63) is 0 Å². The Morgan fingerprint density at radius 2 is 1.76 bits per heavy atom. The summed E-state index contributed by atoms with van der Waals surface area (Å²) in [4.78, 5) is 11.6. The first-order valence-corrected chi connectivity index (χ1v) is 6.18. The third kappa shape index (κ3) is 4.36. The van der Waals surface area contributed by atoms with Crippen LogP contribution in [0.1, 0.15) is 46.5 Å². The molecule has 2 saturated heterocycles. The van der Waals surface area contributed by atoms with Crippen LogP contribution in [0.2, 0.25) is 0 Å². The van der Waals surface area contributed by atoms with Gasteiger partial charge in [0.2, 0.25) is 0 Å². The Labute approximate surface area is 109 Å². The van der Waals surface area contributed by atoms with Gasteiger partial charge in [0, 0.05) is 18.1 Å². The highest BCUT2D eigenvalue weighted by Gasteiger charge is 2.34. The Morgan fingerprint density at radius 3 is 2.24 bits per heavy atom. The average Bonchev–Trinajstić information content (AvgIpc) is 2.42. The minimum atomic E-state index is -0.407. The van der Waals surface area contributed by atoms with E-state index in [9.17, 15) is 4.79 Å². The molecule has 0 aromatic heterocycles. The molecule has 0 aromatic carbocycles. The van der Waals surface area contributed by atoms with E-state index in [1.54, 1.807) is 0 Å². The van der Waals surface area contributed by atoms with E-state index < -0.39 is 5.60 Å². The van der Waals surface area contributed by atoms with E-state index in [4.69, 9.17) is 4.74 Å². The van der Waals surface area contributed by atoms with E-state index in [1.165, 1.54) is 12.8 Å². The van der Waals surface area contributed by atoms with Crippen molar-refractivity contribution in [2.24, 2.45) is 0 Å². The third-order valence-corrected chi connectivity index (χ3v) is 3.19. The van der Waals surface area contributed by atoms with Gasteiger partial charge in [-0.1, -0.05) is 0 Å². The highest BCUT2D eigenvalue weighted by Crippen LogP contribution is 2.26. The lowest BCUT2D eigenvalue weighted by molar-refractivity contribution is 0.0489. The van der Waals surface area contributed by atoms with Crippen molar-refractivity contribution in [1.82, 2.24) is 10.6 Å². The van der Waals surface area contributed by atoms with Crippen LogP contribution < -0.4 is 10.6 Å². The first-order chi connectivity index (χ1) is 7.42. The lowest BCUT2D eigenvalue weighted by Gasteiger charge is -2.30. The smallest absolute Gasteiger partial charge is 0.407 e. The number of alkyl carbamates (subject to hydrolysis) is 1. The summed E-state index contributed by atoms with van der Waals surface area (Å²) in [5.41, 5.74) is -0.407. The molecule has 5 heteroatoms. The summed E-state index contributed by atoms with van der Waals surface area (Å²) in [6, 6.07) is 1.48. The van der Waals surface area contributed by atoms with Crippen molar-refractivity contribution in [2.75, 3.05) is 0 Å². The molecule has 2 aliphatic rings. The highest BCUT2D eigenvalue weighted by molar-refractivity contribution is 5.85. The standard InChI is InChI=1S/C12H22N2O2.ClH/c1-12(2,3)16-11(15)14-10-6-8-4-5-9(7-10)13-8;/h8-10,13H,4-7H2,1-3H3,(H,14,15);1H. The number of carbonyl (C=O) groups excluding carboxylic acids is 1. The van der Waals surface area contributed by atoms with Crippen LogP contribution in [0.15, 0.2) is 0 Å². The molecule has 2 rings (SSSR count). The summed E-state index contributed by atoms with van der Waals surface area (Å²) in [5.74, 6) is 0. The largest absolute Gasteiger partial charge is 0.444 e. The number of nitrogens with one attached hydrogen (secondary N) is 2. The van der Waals surface area contributed by atoms with E-state index in [2.05, 4.69) is 10.6 Å². The molecule has 17 heavy (non-hydrogen) atoms. The molecule has 4 nitrogen and oxygen atoms in total. The van der Waals surface area contributed by atoms with E-state index in [-0.39, 0.29) is 24.5 Å². The van der Waals surface area contributed by atoms with E-state index in [0.717, 1.165) is 12.8 Å². The topological polar surface area (TPSA) is 50.4 Å². The number of hydrogen-bond donors (Lipinski definition) is 2. The van der Waals surface area contributed by atoms with E-state index in [1.807, 2.05) is 20.8 Å². The van der Waals surface area contributed by atoms with Crippen molar-refractivity contribution in [1.29, 1.82) is 0 Å². The molecule has 100 valence electrons. The number of halogens is 1. The van der Waals surface area contributed by atoms with Gasteiger partial charge < -0.3 is 15.4 Å². The summed E-state index contributed by atoms with van der Waals surface area (Å²) in [5, 5.41) is 6.52. The van der Waals surface area contributed by atoms with Gasteiger partial charge >= 0.3 is 6.09 Å². The van der Waals surface area contributed by atoms with Gasteiger partial charge in [0.05, 0.1) is 0 Å². The van der Waals surface area contributed by atoms with Crippen LogP contribution in [-0.4, -0.2) is 29.8 Å². The predicted molar refractivity (Wildman–Crippen MR) is 69.6 cm³/mol. The third-order valence-electron chi connectivity index (χ3n) is 3.19. The molecule has 2 bridgehead atoms. The summed E-state index contributed by atoms with van der Waals surface area (Å²) >= 11 is 0. The Balaban J connectivity index is 0.00000144. The van der Waals surface area contributed by atoms with Crippen LogP contribution in [-0.2, 0) is 4.74 Å². The van der Waals surface area contributed by atoms with Crippen LogP contribution in [0.4, 0.5) is 4.79 Å². The van der Waals surface area contributed by atoms with Crippen molar-refractivity contribution >= 4 is 18.5 Å². The number of piperidine rings is 1. The Bertz CT molecular complexity index is 266. The fourth-order valence-corrected chi connectivity index (χ4v) is 2.65. The van der Waals surface area contributed by atoms with Crippen molar-refractivity contribution in [3.63, 3.8) is 0 Å². The van der Waals surface area contributed by atoms with Crippen molar-refractivity contribution < 1.29 is 9.53 Å². The zero-order valence-electron chi connectivity index (χ0n) is 10.8. The summed E-state index contributed by atoms with van der Waals surface area (Å²) in [7, 11) is 0. The second kappa shape index (κ2) is 5.44. The predicted octanol–water partition coefficient (Wildman–Crippen LogP) is 2.22. The Hall–Kier alpha value is -0.480. The molecule has 0 saturated carbocycles. The number of hydrogen-bond acceptors (Lipinski definition) is 3. The highest BCUT2D eigenvalue weighted by atomic mass is 35.5. The molecular weight excluding hydrogens is 240 g/mol. The zero-order valence-corrected chi connectivity index (χ0v) is 11.6. The van der Waals surface area contributed by atoms with Gasteiger partial charge in [-0.15, -0.1) is 12.4 Å². The first-order valence-electron chi connectivity index (χ1n) is 6.18. The molecule has 0 aliphatic carbocycles. The van der Waals surface area contributed by atoms with Gasteiger partial charge in [0.25, 0.3) is 0 Å². The molecular formula is C12H23ClN2O2. The van der Waals surface area contributed by atoms with E-state index in [0.29, 0.717) is 12.1 Å². The van der Waals surface area contributed by atoms with Crippen LogP contribution in [0.5, 0.6) is 0 Å². The molecule has 1 amide bonds. The minimum Gasteiger partial charge on any atom is -0.444 e. The number of ether oxygens (including phenoxy) is 1. The second-order valence-corrected chi connectivity index (χ2v) is 5.95. The van der Waals surface area contributed by atoms with Gasteiger partial charge in [0.15, 0.2) is 0 Å². The van der Waals surface area contributed by atoms with Crippen LogP contribution >= 0.6 is 12.4 Å². The van der Waals surface area contributed by atoms with Gasteiger partial charge in [0.1, 0.15) is 5.60 Å². The Morgan fingerprint density at radius 1 is 1.24 bits per heavy atom. The number of rotatable bonds is 1. The fraction of sp³-hybridized carbons (Fsp3) is 0.917. The minimum absolute atomic E-state index is 0. The lowest BCUT2D eigenvalue weighted by Crippen LogP contribution is -2.49. The number of carbonyl (C=O) groups is 1. The molecule has 0 aromatic rings. The maximum atomic E-state index is 11.6. The van der Waals surface area contributed by atoms with Crippen LogP contribution in [0, 0.1) is 0 Å².